The quantitative estimate of drug-likeness (QED) is 0.920. The molecule has 21 heavy (non-hydrogen) atoms. The fraction of sp³-hybridized carbons (Fsp3) is 0.529. The van der Waals surface area contributed by atoms with Gasteiger partial charge in [0.25, 0.3) is 0 Å². The number of fused-ring (bicyclic) bond motifs is 1. The van der Waals surface area contributed by atoms with Crippen molar-refractivity contribution in [2.75, 3.05) is 6.54 Å². The number of hydrogen-bond donors (Lipinski definition) is 1. The van der Waals surface area contributed by atoms with Gasteiger partial charge in [-0.05, 0) is 49.8 Å². The summed E-state index contributed by atoms with van der Waals surface area (Å²) in [6, 6.07) is 4.98. The smallest absolute Gasteiger partial charge is 0.0975 e. The number of nitrogens with one attached hydrogen (secondary N) is 1. The molecule has 4 heteroatoms. The summed E-state index contributed by atoms with van der Waals surface area (Å²) in [5, 5.41) is 4.95. The van der Waals surface area contributed by atoms with E-state index < -0.39 is 0 Å². The van der Waals surface area contributed by atoms with Gasteiger partial charge in [-0.15, -0.1) is 11.3 Å². The second-order valence-corrected chi connectivity index (χ2v) is 7.39. The van der Waals surface area contributed by atoms with E-state index >= 15 is 0 Å². The molecule has 1 saturated carbocycles. The molecule has 1 atom stereocenters. The Hall–Kier alpha value is -1.26. The van der Waals surface area contributed by atoms with Gasteiger partial charge in [-0.1, -0.05) is 0 Å². The van der Waals surface area contributed by atoms with Gasteiger partial charge in [0.1, 0.15) is 0 Å². The van der Waals surface area contributed by atoms with E-state index in [1.807, 2.05) is 23.7 Å². The monoisotopic (exact) mass is 299 g/mol. The van der Waals surface area contributed by atoms with Crippen LogP contribution in [-0.4, -0.2) is 22.6 Å². The third-order valence-corrected chi connectivity index (χ3v) is 5.58. The molecule has 3 nitrogen and oxygen atoms in total. The van der Waals surface area contributed by atoms with Crippen molar-refractivity contribution in [3.8, 4) is 0 Å². The van der Waals surface area contributed by atoms with Gasteiger partial charge in [0.2, 0.25) is 0 Å². The molecule has 0 bridgehead atoms. The van der Waals surface area contributed by atoms with Gasteiger partial charge in [0.15, 0.2) is 0 Å². The molecule has 4 rings (SSSR count). The van der Waals surface area contributed by atoms with E-state index in [1.54, 1.807) is 0 Å². The molecule has 0 spiro atoms. The molecule has 0 aromatic carbocycles. The Kier molecular flexibility index (Phi) is 3.74. The minimum absolute atomic E-state index is 0.636. The first kappa shape index (κ1) is 13.4. The van der Waals surface area contributed by atoms with Crippen molar-refractivity contribution in [1.82, 2.24) is 15.3 Å². The molecule has 0 saturated heterocycles. The van der Waals surface area contributed by atoms with Crippen LogP contribution in [0, 0.1) is 0 Å². The van der Waals surface area contributed by atoms with Crippen LogP contribution in [0.5, 0.6) is 0 Å². The highest BCUT2D eigenvalue weighted by atomic mass is 32.1. The van der Waals surface area contributed by atoms with Crippen molar-refractivity contribution in [2.45, 2.75) is 50.5 Å². The van der Waals surface area contributed by atoms with Crippen molar-refractivity contribution in [3.63, 3.8) is 0 Å². The molecule has 1 N–H and O–H groups in total. The fourth-order valence-corrected chi connectivity index (χ4v) is 4.33. The van der Waals surface area contributed by atoms with Gasteiger partial charge >= 0.3 is 0 Å². The molecule has 2 heterocycles. The molecule has 110 valence electrons. The third kappa shape index (κ3) is 3.16. The zero-order chi connectivity index (χ0) is 14.1. The van der Waals surface area contributed by atoms with E-state index in [2.05, 4.69) is 22.4 Å². The van der Waals surface area contributed by atoms with Gasteiger partial charge in [-0.3, -0.25) is 4.98 Å². The number of thiazole rings is 1. The van der Waals surface area contributed by atoms with Crippen LogP contribution in [0.3, 0.4) is 0 Å². The zero-order valence-electron chi connectivity index (χ0n) is 12.2. The molecular weight excluding hydrogens is 278 g/mol. The molecule has 0 amide bonds. The Morgan fingerprint density at radius 3 is 2.86 bits per heavy atom. The minimum atomic E-state index is 0.636. The van der Waals surface area contributed by atoms with Crippen LogP contribution in [0.4, 0.5) is 0 Å². The lowest BCUT2D eigenvalue weighted by atomic mass is 9.91. The van der Waals surface area contributed by atoms with Crippen molar-refractivity contribution in [3.05, 3.63) is 45.7 Å². The molecule has 2 aliphatic rings. The Morgan fingerprint density at radius 1 is 1.19 bits per heavy atom. The number of rotatable bonds is 5. The average molecular weight is 299 g/mol. The summed E-state index contributed by atoms with van der Waals surface area (Å²) in [4.78, 5) is 10.6. The number of pyridine rings is 1. The van der Waals surface area contributed by atoms with Crippen molar-refractivity contribution in [1.29, 1.82) is 0 Å². The fourth-order valence-electron chi connectivity index (χ4n) is 3.10. The second-order valence-electron chi connectivity index (χ2n) is 6.22. The Morgan fingerprint density at radius 2 is 2.05 bits per heavy atom. The summed E-state index contributed by atoms with van der Waals surface area (Å²) >= 11 is 1.92. The molecule has 0 aliphatic heterocycles. The highest BCUT2D eigenvalue weighted by molar-refractivity contribution is 7.11. The number of hydrogen-bond acceptors (Lipinski definition) is 4. The van der Waals surface area contributed by atoms with E-state index in [4.69, 9.17) is 4.98 Å². The predicted molar refractivity (Wildman–Crippen MR) is 85.9 cm³/mol. The van der Waals surface area contributed by atoms with Gasteiger partial charge in [-0.2, -0.15) is 0 Å². The lowest BCUT2D eigenvalue weighted by molar-refractivity contribution is 0.500. The molecule has 0 radical (unpaired) electrons. The van der Waals surface area contributed by atoms with E-state index in [0.29, 0.717) is 5.92 Å². The summed E-state index contributed by atoms with van der Waals surface area (Å²) in [6.45, 7) is 1.12. The third-order valence-electron chi connectivity index (χ3n) is 4.45. The highest BCUT2D eigenvalue weighted by Gasteiger charge is 2.27. The number of aryl methyl sites for hydroxylation is 1. The van der Waals surface area contributed by atoms with Gasteiger partial charge in [0, 0.05) is 42.2 Å². The molecule has 1 unspecified atom stereocenters. The van der Waals surface area contributed by atoms with Crippen molar-refractivity contribution < 1.29 is 0 Å². The first-order chi connectivity index (χ1) is 10.4. The molecule has 1 fully saturated rings. The first-order valence-electron chi connectivity index (χ1n) is 7.99. The maximum atomic E-state index is 4.98. The molecular formula is C17H21N3S. The predicted octanol–water partition coefficient (Wildman–Crippen LogP) is 3.30. The Labute approximate surface area is 129 Å². The standard InChI is InChI=1S/C17H21N3S/c1-2-13(11-19-14-4-5-14)17-15(3-1)21-16(20-17)10-12-6-8-18-9-7-12/h6-9,13-14,19H,1-5,10-11H2. The van der Waals surface area contributed by atoms with E-state index in [0.717, 1.165) is 19.0 Å². The van der Waals surface area contributed by atoms with Gasteiger partial charge in [-0.25, -0.2) is 4.98 Å². The summed E-state index contributed by atoms with van der Waals surface area (Å²) in [7, 11) is 0. The number of aromatic nitrogens is 2. The molecule has 2 aliphatic carbocycles. The maximum Gasteiger partial charge on any atom is 0.0975 e. The van der Waals surface area contributed by atoms with Crippen molar-refractivity contribution in [2.24, 2.45) is 0 Å². The summed E-state index contributed by atoms with van der Waals surface area (Å²) in [5.41, 5.74) is 2.70. The lowest BCUT2D eigenvalue weighted by Crippen LogP contribution is -2.25. The summed E-state index contributed by atoms with van der Waals surface area (Å²) in [6.07, 6.45) is 11.3. The van der Waals surface area contributed by atoms with E-state index in [9.17, 15) is 0 Å². The largest absolute Gasteiger partial charge is 0.313 e. The normalized spacial score (nSPS) is 21.2. The van der Waals surface area contributed by atoms with E-state index in [-0.39, 0.29) is 0 Å². The summed E-state index contributed by atoms with van der Waals surface area (Å²) in [5.74, 6) is 0.636. The zero-order valence-corrected chi connectivity index (χ0v) is 13.0. The van der Waals surface area contributed by atoms with Crippen LogP contribution in [0.15, 0.2) is 24.5 Å². The first-order valence-corrected chi connectivity index (χ1v) is 8.81. The topological polar surface area (TPSA) is 37.8 Å². The van der Waals surface area contributed by atoms with Crippen LogP contribution < -0.4 is 5.32 Å². The molecule has 2 aromatic heterocycles. The SMILES string of the molecule is c1cc(Cc2nc3c(s2)CCCC3CNC2CC2)ccn1. The highest BCUT2D eigenvalue weighted by Crippen LogP contribution is 2.35. The van der Waals surface area contributed by atoms with Crippen LogP contribution >= 0.6 is 11.3 Å². The van der Waals surface area contributed by atoms with Crippen molar-refractivity contribution >= 4 is 11.3 Å². The minimum Gasteiger partial charge on any atom is -0.313 e. The van der Waals surface area contributed by atoms with Crippen LogP contribution in [0.25, 0.3) is 0 Å². The average Bonchev–Trinajstić information content (AvgIpc) is 3.25. The van der Waals surface area contributed by atoms with Crippen LogP contribution in [-0.2, 0) is 12.8 Å². The van der Waals surface area contributed by atoms with Gasteiger partial charge < -0.3 is 5.32 Å². The second kappa shape index (κ2) is 5.85. The maximum absolute atomic E-state index is 4.98. The number of nitrogens with zero attached hydrogens (tertiary/aromatic N) is 2. The lowest BCUT2D eigenvalue weighted by Gasteiger charge is -2.21. The Bertz CT molecular complexity index is 604. The summed E-state index contributed by atoms with van der Waals surface area (Å²) < 4.78 is 0. The Balaban J connectivity index is 1.50. The van der Waals surface area contributed by atoms with Crippen LogP contribution in [0.2, 0.25) is 0 Å². The molecule has 2 aromatic rings. The van der Waals surface area contributed by atoms with Gasteiger partial charge in [0.05, 0.1) is 10.7 Å². The van der Waals surface area contributed by atoms with Crippen LogP contribution in [0.1, 0.15) is 52.7 Å². The van der Waals surface area contributed by atoms with E-state index in [1.165, 1.54) is 53.2 Å².